The van der Waals surface area contributed by atoms with Crippen molar-refractivity contribution in [1.82, 2.24) is 0 Å². The van der Waals surface area contributed by atoms with E-state index in [1.165, 1.54) is 6.07 Å². The fourth-order valence-electron chi connectivity index (χ4n) is 1.49. The zero-order chi connectivity index (χ0) is 14.8. The molecule has 0 spiro atoms. The molecule has 1 aromatic carbocycles. The first kappa shape index (κ1) is 15.8. The molecule has 0 aliphatic rings. The van der Waals surface area contributed by atoms with E-state index in [0.29, 0.717) is 0 Å². The molecule has 0 aliphatic carbocycles. The molecule has 1 aromatic rings. The third kappa shape index (κ3) is 3.84. The highest BCUT2D eigenvalue weighted by atomic mass is 79.9. The topological polar surface area (TPSA) is 72.5 Å². The molecule has 0 amide bonds. The van der Waals surface area contributed by atoms with Crippen molar-refractivity contribution < 1.29 is 27.8 Å². The Labute approximate surface area is 115 Å². The number of halogens is 4. The molecule has 4 nitrogen and oxygen atoms in total. The van der Waals surface area contributed by atoms with Gasteiger partial charge in [0.05, 0.1) is 19.1 Å². The summed E-state index contributed by atoms with van der Waals surface area (Å²) >= 11 is 2.91. The Hall–Kier alpha value is -1.28. The van der Waals surface area contributed by atoms with Crippen LogP contribution in [0, 0.1) is 0 Å². The van der Waals surface area contributed by atoms with Crippen LogP contribution in [-0.4, -0.2) is 18.2 Å². The Balaban J connectivity index is 3.22. The molecule has 0 aromatic heterocycles. The van der Waals surface area contributed by atoms with Gasteiger partial charge in [-0.25, -0.2) is 0 Å². The minimum Gasteiger partial charge on any atom is -0.507 e. The second-order valence-electron chi connectivity index (χ2n) is 3.78. The number of ether oxygens (including phenoxy) is 1. The highest BCUT2D eigenvalue weighted by molar-refractivity contribution is 9.10. The zero-order valence-electron chi connectivity index (χ0n) is 9.79. The number of phenols is 1. The molecule has 1 rings (SSSR count). The first-order valence-corrected chi connectivity index (χ1v) is 5.88. The maximum Gasteiger partial charge on any atom is 0.420 e. The van der Waals surface area contributed by atoms with Crippen LogP contribution in [0.3, 0.4) is 0 Å². The molecule has 3 N–H and O–H groups in total. The summed E-state index contributed by atoms with van der Waals surface area (Å²) in [6.45, 7) is 0. The molecule has 0 bridgehead atoms. The van der Waals surface area contributed by atoms with Gasteiger partial charge in [-0.2, -0.15) is 13.2 Å². The summed E-state index contributed by atoms with van der Waals surface area (Å²) in [6, 6.07) is 0.882. The van der Waals surface area contributed by atoms with Gasteiger partial charge >= 0.3 is 12.1 Å². The highest BCUT2D eigenvalue weighted by Crippen LogP contribution is 2.41. The van der Waals surface area contributed by atoms with E-state index < -0.39 is 29.5 Å². The predicted octanol–water partition coefficient (Wildman–Crippen LogP) is 2.74. The molecule has 0 aliphatic heterocycles. The summed E-state index contributed by atoms with van der Waals surface area (Å²) in [6.07, 6.45) is -5.05. The standard InChI is InChI=1S/C11H11BrF3NO3/c1-19-9(17)4-8(16)6-2-5(12)3-7(10(6)18)11(13,14)15/h2-3,8,18H,4,16H2,1H3/t8-/m1/s1. The summed E-state index contributed by atoms with van der Waals surface area (Å²) in [5, 5.41) is 9.63. The number of carbonyl (C=O) groups excluding carboxylic acids is 1. The molecule has 106 valence electrons. The minimum absolute atomic E-state index is 0.105. The summed E-state index contributed by atoms with van der Waals surface area (Å²) in [4.78, 5) is 11.1. The molecule has 0 radical (unpaired) electrons. The Morgan fingerprint density at radius 1 is 1.53 bits per heavy atom. The van der Waals surface area contributed by atoms with Crippen molar-refractivity contribution in [3.63, 3.8) is 0 Å². The largest absolute Gasteiger partial charge is 0.507 e. The fraction of sp³-hybridized carbons (Fsp3) is 0.364. The molecule has 1 atom stereocenters. The van der Waals surface area contributed by atoms with Crippen LogP contribution in [0.25, 0.3) is 0 Å². The van der Waals surface area contributed by atoms with Crippen LogP contribution in [0.5, 0.6) is 5.75 Å². The maximum atomic E-state index is 12.7. The van der Waals surface area contributed by atoms with E-state index in [4.69, 9.17) is 5.73 Å². The number of nitrogens with two attached hydrogens (primary N) is 1. The van der Waals surface area contributed by atoms with E-state index in [0.717, 1.165) is 13.2 Å². The molecule has 0 saturated heterocycles. The number of hydrogen-bond donors (Lipinski definition) is 2. The van der Waals surface area contributed by atoms with Gasteiger partial charge in [0, 0.05) is 16.1 Å². The van der Waals surface area contributed by atoms with Gasteiger partial charge in [0.15, 0.2) is 0 Å². The number of methoxy groups -OCH3 is 1. The number of aromatic hydroxyl groups is 1. The van der Waals surface area contributed by atoms with E-state index in [2.05, 4.69) is 20.7 Å². The summed E-state index contributed by atoms with van der Waals surface area (Å²) in [5.41, 5.74) is 4.22. The minimum atomic E-state index is -4.71. The predicted molar refractivity (Wildman–Crippen MR) is 64.4 cm³/mol. The summed E-state index contributed by atoms with van der Waals surface area (Å²) in [5.74, 6) is -1.66. The van der Waals surface area contributed by atoms with Crippen molar-refractivity contribution in [2.24, 2.45) is 5.73 Å². The summed E-state index contributed by atoms with van der Waals surface area (Å²) in [7, 11) is 1.14. The van der Waals surface area contributed by atoms with Crippen molar-refractivity contribution in [1.29, 1.82) is 0 Å². The van der Waals surface area contributed by atoms with Gasteiger partial charge in [-0.1, -0.05) is 15.9 Å². The Bertz CT molecular complexity index is 491. The Kier molecular flexibility index (Phi) is 4.81. The van der Waals surface area contributed by atoms with Crippen LogP contribution in [0.2, 0.25) is 0 Å². The quantitative estimate of drug-likeness (QED) is 0.829. The van der Waals surface area contributed by atoms with Gasteiger partial charge in [-0.3, -0.25) is 4.79 Å². The number of hydrogen-bond acceptors (Lipinski definition) is 4. The van der Waals surface area contributed by atoms with E-state index in [9.17, 15) is 23.1 Å². The van der Waals surface area contributed by atoms with Crippen molar-refractivity contribution in [3.05, 3.63) is 27.7 Å². The Morgan fingerprint density at radius 2 is 2.11 bits per heavy atom. The molecule has 0 saturated carbocycles. The lowest BCUT2D eigenvalue weighted by atomic mass is 10.00. The van der Waals surface area contributed by atoms with Crippen molar-refractivity contribution in [3.8, 4) is 5.75 Å². The molecule has 8 heteroatoms. The SMILES string of the molecule is COC(=O)C[C@@H](N)c1cc(Br)cc(C(F)(F)F)c1O. The lowest BCUT2D eigenvalue weighted by Crippen LogP contribution is -2.18. The van der Waals surface area contributed by atoms with E-state index >= 15 is 0 Å². The van der Waals surface area contributed by atoms with Gasteiger partial charge in [0.1, 0.15) is 5.75 Å². The molecule has 0 fully saturated rings. The number of esters is 1. The second-order valence-corrected chi connectivity index (χ2v) is 4.69. The first-order valence-electron chi connectivity index (χ1n) is 5.08. The van der Waals surface area contributed by atoms with Crippen LogP contribution < -0.4 is 5.73 Å². The first-order chi connectivity index (χ1) is 8.66. The Morgan fingerprint density at radius 3 is 2.58 bits per heavy atom. The highest BCUT2D eigenvalue weighted by Gasteiger charge is 2.36. The van der Waals surface area contributed by atoms with Gasteiger partial charge in [0.25, 0.3) is 0 Å². The lowest BCUT2D eigenvalue weighted by molar-refractivity contribution is -0.141. The summed E-state index contributed by atoms with van der Waals surface area (Å²) < 4.78 is 42.5. The molecular weight excluding hydrogens is 331 g/mol. The van der Waals surface area contributed by atoms with Crippen molar-refractivity contribution >= 4 is 21.9 Å². The van der Waals surface area contributed by atoms with E-state index in [-0.39, 0.29) is 16.5 Å². The molecule has 19 heavy (non-hydrogen) atoms. The number of carbonyl (C=O) groups is 1. The van der Waals surface area contributed by atoms with Gasteiger partial charge < -0.3 is 15.6 Å². The zero-order valence-corrected chi connectivity index (χ0v) is 11.4. The van der Waals surface area contributed by atoms with Gasteiger partial charge in [-0.05, 0) is 12.1 Å². The number of benzene rings is 1. The second kappa shape index (κ2) is 5.79. The van der Waals surface area contributed by atoms with Gasteiger partial charge in [0.2, 0.25) is 0 Å². The maximum absolute atomic E-state index is 12.7. The monoisotopic (exact) mass is 341 g/mol. The van der Waals surface area contributed by atoms with Crippen LogP contribution in [0.15, 0.2) is 16.6 Å². The normalized spacial score (nSPS) is 13.2. The molecule has 0 heterocycles. The van der Waals surface area contributed by atoms with E-state index in [1.54, 1.807) is 0 Å². The van der Waals surface area contributed by atoms with Crippen LogP contribution >= 0.6 is 15.9 Å². The average molecular weight is 342 g/mol. The number of rotatable bonds is 3. The smallest absolute Gasteiger partial charge is 0.420 e. The molecular formula is C11H11BrF3NO3. The van der Waals surface area contributed by atoms with Crippen LogP contribution in [-0.2, 0) is 15.7 Å². The van der Waals surface area contributed by atoms with Crippen molar-refractivity contribution in [2.75, 3.05) is 7.11 Å². The van der Waals surface area contributed by atoms with E-state index in [1.807, 2.05) is 0 Å². The lowest BCUT2D eigenvalue weighted by Gasteiger charge is -2.17. The van der Waals surface area contributed by atoms with Crippen molar-refractivity contribution in [2.45, 2.75) is 18.6 Å². The van der Waals surface area contributed by atoms with Crippen LogP contribution in [0.4, 0.5) is 13.2 Å². The van der Waals surface area contributed by atoms with Gasteiger partial charge in [-0.15, -0.1) is 0 Å². The number of alkyl halides is 3. The third-order valence-electron chi connectivity index (χ3n) is 2.42. The fourth-order valence-corrected chi connectivity index (χ4v) is 1.97. The number of phenolic OH excluding ortho intramolecular Hbond substituents is 1. The van der Waals surface area contributed by atoms with Crippen LogP contribution in [0.1, 0.15) is 23.6 Å². The molecule has 0 unspecified atom stereocenters. The third-order valence-corrected chi connectivity index (χ3v) is 2.88. The average Bonchev–Trinajstić information content (AvgIpc) is 2.29.